The molecule has 0 radical (unpaired) electrons. The molecule has 2 saturated carbocycles. The molecule has 0 heterocycles. The van der Waals surface area contributed by atoms with Crippen LogP contribution in [0.1, 0.15) is 114 Å². The highest BCUT2D eigenvalue weighted by molar-refractivity contribution is 6.05. The van der Waals surface area contributed by atoms with Gasteiger partial charge in [0.05, 0.1) is 17.6 Å². The number of ether oxygens (including phenoxy) is 1. The zero-order valence-electron chi connectivity index (χ0n) is 26.1. The van der Waals surface area contributed by atoms with Gasteiger partial charge >= 0.3 is 5.97 Å². The van der Waals surface area contributed by atoms with Gasteiger partial charge in [-0.25, -0.2) is 0 Å². The van der Waals surface area contributed by atoms with Crippen molar-refractivity contribution in [2.24, 2.45) is 38.4 Å². The summed E-state index contributed by atoms with van der Waals surface area (Å²) in [7, 11) is 0. The maximum Gasteiger partial charge on any atom is 0.311 e. The third kappa shape index (κ3) is 4.09. The van der Waals surface area contributed by atoms with E-state index in [1.807, 2.05) is 33.8 Å². The lowest BCUT2D eigenvalue weighted by molar-refractivity contribution is -0.186. The van der Waals surface area contributed by atoms with E-state index in [2.05, 4.69) is 40.7 Å². The lowest BCUT2D eigenvalue weighted by atomic mass is 9.37. The molecule has 0 aromatic carbocycles. The average Bonchev–Trinajstić information content (AvgIpc) is 2.88. The highest BCUT2D eigenvalue weighted by atomic mass is 16.5. The monoisotopic (exact) mass is 551 g/mol. The fraction of sp³-hybridized carbons (Fsp3) is 0.765. The van der Waals surface area contributed by atoms with Crippen molar-refractivity contribution in [3.8, 4) is 6.07 Å². The Bertz CT molecular complexity index is 1240. The number of nitrogens with zero attached hydrogens (tertiary/aromatic N) is 1. The van der Waals surface area contributed by atoms with Gasteiger partial charge in [0.1, 0.15) is 11.7 Å². The van der Waals surface area contributed by atoms with Crippen LogP contribution in [0.2, 0.25) is 0 Å². The quantitative estimate of drug-likeness (QED) is 0.385. The molecule has 6 atom stereocenters. The Morgan fingerprint density at radius 2 is 1.57 bits per heavy atom. The highest BCUT2D eigenvalue weighted by Gasteiger charge is 2.69. The first kappa shape index (κ1) is 30.7. The number of aliphatic hydroxyl groups is 1. The standard InChI is InChI=1S/C34H49NO5/c1-10-40-27(38)30(6)15-13-28(2,3)14-18-34(39)25(36)19-24-31(7)20-22(21-35)26(37)29(4,5)23(31)11-12-32(24,8)33(34,9)17-16-30/h19-20,23,39H,10-18H2,1-9H3/t23-,30-,31-,32+,33-,34+/m0/s1. The zero-order valence-corrected chi connectivity index (χ0v) is 26.1. The van der Waals surface area contributed by atoms with Gasteiger partial charge < -0.3 is 9.84 Å². The molecule has 0 unspecified atom stereocenters. The van der Waals surface area contributed by atoms with Gasteiger partial charge in [0.25, 0.3) is 0 Å². The fourth-order valence-electron chi connectivity index (χ4n) is 9.06. The van der Waals surface area contributed by atoms with E-state index in [1.54, 1.807) is 6.08 Å². The highest BCUT2D eigenvalue weighted by Crippen LogP contribution is 2.71. The second kappa shape index (κ2) is 9.38. The first-order chi connectivity index (χ1) is 18.3. The van der Waals surface area contributed by atoms with Gasteiger partial charge in [0.15, 0.2) is 11.6 Å². The molecular weight excluding hydrogens is 502 g/mol. The largest absolute Gasteiger partial charge is 0.466 e. The van der Waals surface area contributed by atoms with Crippen LogP contribution < -0.4 is 0 Å². The van der Waals surface area contributed by atoms with Gasteiger partial charge in [0.2, 0.25) is 0 Å². The number of carbonyl (C=O) groups is 3. The van der Waals surface area contributed by atoms with E-state index in [4.69, 9.17) is 4.74 Å². The minimum absolute atomic E-state index is 0.0743. The van der Waals surface area contributed by atoms with E-state index in [0.29, 0.717) is 45.1 Å². The number of nitriles is 1. The number of fused-ring (bicyclic) bond motifs is 5. The maximum absolute atomic E-state index is 14.2. The van der Waals surface area contributed by atoms with Gasteiger partial charge in [-0.2, -0.15) is 5.26 Å². The number of carbonyl (C=O) groups excluding carboxylic acids is 3. The number of ketones is 2. The number of Topliss-reactive ketones (excluding diaryl/α,β-unsaturated/α-hetero) is 1. The Labute approximate surface area is 240 Å². The summed E-state index contributed by atoms with van der Waals surface area (Å²) in [6, 6.07) is 2.14. The van der Waals surface area contributed by atoms with Gasteiger partial charge in [-0.3, -0.25) is 14.4 Å². The normalized spacial score (nSPS) is 42.7. The summed E-state index contributed by atoms with van der Waals surface area (Å²) in [5.41, 5.74) is -4.34. The van der Waals surface area contributed by atoms with Gasteiger partial charge in [-0.1, -0.05) is 54.5 Å². The van der Waals surface area contributed by atoms with E-state index < -0.39 is 32.7 Å². The minimum Gasteiger partial charge on any atom is -0.466 e. The van der Waals surface area contributed by atoms with Crippen LogP contribution in [0, 0.1) is 49.7 Å². The van der Waals surface area contributed by atoms with E-state index in [0.717, 1.165) is 18.4 Å². The molecule has 220 valence electrons. The van der Waals surface area contributed by atoms with Crippen molar-refractivity contribution < 1.29 is 24.2 Å². The molecule has 1 N–H and O–H groups in total. The van der Waals surface area contributed by atoms with Gasteiger partial charge in [-0.15, -0.1) is 0 Å². The predicted octanol–water partition coefficient (Wildman–Crippen LogP) is 6.66. The molecule has 6 nitrogen and oxygen atoms in total. The summed E-state index contributed by atoms with van der Waals surface area (Å²) < 4.78 is 5.56. The van der Waals surface area contributed by atoms with Crippen molar-refractivity contribution in [2.75, 3.05) is 6.61 Å². The van der Waals surface area contributed by atoms with Crippen molar-refractivity contribution in [3.63, 3.8) is 0 Å². The molecule has 0 saturated heterocycles. The van der Waals surface area contributed by atoms with Crippen LogP contribution in [-0.4, -0.2) is 34.9 Å². The van der Waals surface area contributed by atoms with Crippen LogP contribution >= 0.6 is 0 Å². The van der Waals surface area contributed by atoms with Gasteiger partial charge in [-0.05, 0) is 93.6 Å². The van der Waals surface area contributed by atoms with Crippen molar-refractivity contribution in [3.05, 3.63) is 23.3 Å². The summed E-state index contributed by atoms with van der Waals surface area (Å²) in [4.78, 5) is 40.9. The van der Waals surface area contributed by atoms with Crippen LogP contribution in [0.4, 0.5) is 0 Å². The lowest BCUT2D eigenvalue weighted by Gasteiger charge is -2.66. The Kier molecular flexibility index (Phi) is 7.20. The molecule has 4 aliphatic carbocycles. The second-order valence-electron chi connectivity index (χ2n) is 15.5. The molecule has 0 amide bonds. The van der Waals surface area contributed by atoms with Crippen LogP contribution in [0.5, 0.6) is 0 Å². The smallest absolute Gasteiger partial charge is 0.311 e. The van der Waals surface area contributed by atoms with Gasteiger partial charge in [0, 0.05) is 16.2 Å². The molecule has 0 spiro atoms. The molecule has 0 bridgehead atoms. The van der Waals surface area contributed by atoms with Crippen LogP contribution in [0.25, 0.3) is 0 Å². The van der Waals surface area contributed by atoms with E-state index in [1.165, 1.54) is 0 Å². The molecule has 4 aliphatic rings. The number of allylic oxidation sites excluding steroid dienone is 3. The first-order valence-corrected chi connectivity index (χ1v) is 15.1. The number of hydrogen-bond acceptors (Lipinski definition) is 6. The summed E-state index contributed by atoms with van der Waals surface area (Å²) in [5.74, 6) is -0.723. The van der Waals surface area contributed by atoms with Crippen molar-refractivity contribution in [1.82, 2.24) is 0 Å². The number of rotatable bonds is 2. The Balaban J connectivity index is 1.93. The molecule has 2 fully saturated rings. The van der Waals surface area contributed by atoms with Crippen LogP contribution in [0.3, 0.4) is 0 Å². The molecular formula is C34H49NO5. The molecule has 4 rings (SSSR count). The topological polar surface area (TPSA) is 104 Å². The third-order valence-corrected chi connectivity index (χ3v) is 12.4. The average molecular weight is 552 g/mol. The van der Waals surface area contributed by atoms with E-state index in [9.17, 15) is 24.8 Å². The molecule has 40 heavy (non-hydrogen) atoms. The lowest BCUT2D eigenvalue weighted by Crippen LogP contribution is -2.67. The minimum atomic E-state index is -1.60. The summed E-state index contributed by atoms with van der Waals surface area (Å²) in [5, 5.41) is 22.5. The SMILES string of the molecule is CCOC(=O)[C@@]1(C)CCC(C)(C)CC[C@@]2(O)C(=O)C=C3[C@@]4(C)C=C(C#N)C(=O)C(C)(C)[C@@H]4CC[C@@]3(C)[C@]2(C)CC1. The summed E-state index contributed by atoms with van der Waals surface area (Å²) in [6.07, 6.45) is 8.40. The number of hydrogen-bond donors (Lipinski definition) is 1. The van der Waals surface area contributed by atoms with Crippen molar-refractivity contribution in [2.45, 2.75) is 119 Å². The molecule has 6 heteroatoms. The Morgan fingerprint density at radius 1 is 0.975 bits per heavy atom. The molecule has 0 aromatic heterocycles. The van der Waals surface area contributed by atoms with Crippen molar-refractivity contribution in [1.29, 1.82) is 5.26 Å². The van der Waals surface area contributed by atoms with E-state index >= 15 is 0 Å². The first-order valence-electron chi connectivity index (χ1n) is 15.1. The summed E-state index contributed by atoms with van der Waals surface area (Å²) >= 11 is 0. The number of esters is 1. The Hall–Kier alpha value is -2.26. The third-order valence-electron chi connectivity index (χ3n) is 12.4. The fourth-order valence-corrected chi connectivity index (χ4v) is 9.06. The van der Waals surface area contributed by atoms with Crippen LogP contribution in [-0.2, 0) is 19.1 Å². The van der Waals surface area contributed by atoms with Crippen molar-refractivity contribution >= 4 is 17.5 Å². The zero-order chi connectivity index (χ0) is 30.2. The second-order valence-corrected chi connectivity index (χ2v) is 15.5. The summed E-state index contributed by atoms with van der Waals surface area (Å²) in [6.45, 7) is 18.5. The predicted molar refractivity (Wildman–Crippen MR) is 154 cm³/mol. The molecule has 0 aliphatic heterocycles. The van der Waals surface area contributed by atoms with E-state index in [-0.39, 0.29) is 34.4 Å². The van der Waals surface area contributed by atoms with Crippen LogP contribution in [0.15, 0.2) is 23.3 Å². The molecule has 0 aromatic rings. The Morgan fingerprint density at radius 3 is 2.17 bits per heavy atom. The maximum atomic E-state index is 14.2.